The van der Waals surface area contributed by atoms with E-state index in [-0.39, 0.29) is 6.04 Å². The van der Waals surface area contributed by atoms with Crippen LogP contribution in [0.25, 0.3) is 0 Å². The molecule has 0 fully saturated rings. The average molecular weight is 242 g/mol. The van der Waals surface area contributed by atoms with E-state index >= 15 is 0 Å². The summed E-state index contributed by atoms with van der Waals surface area (Å²) >= 11 is 0. The summed E-state index contributed by atoms with van der Waals surface area (Å²) in [5.41, 5.74) is 8.22. The van der Waals surface area contributed by atoms with E-state index < -0.39 is 0 Å². The van der Waals surface area contributed by atoms with Gasteiger partial charge >= 0.3 is 0 Å². The molecule has 1 heterocycles. The molecular formula is C15H18N2O. The van der Waals surface area contributed by atoms with Crippen molar-refractivity contribution in [3.8, 4) is 5.75 Å². The molecule has 1 aromatic heterocycles. The number of rotatable bonds is 5. The standard InChI is InChI=1S/C15H18N2O/c1-2-15(16)13-3-5-14(6-4-13)18-11-12-7-9-17-10-8-12/h3-10,15H,2,11,16H2,1H3/t15-/m1/s1. The molecule has 0 aliphatic carbocycles. The number of aromatic nitrogens is 1. The molecule has 1 aromatic carbocycles. The summed E-state index contributed by atoms with van der Waals surface area (Å²) in [5.74, 6) is 0.860. The van der Waals surface area contributed by atoms with E-state index in [0.29, 0.717) is 6.61 Å². The van der Waals surface area contributed by atoms with E-state index in [1.807, 2.05) is 36.4 Å². The molecule has 1 atom stereocenters. The molecule has 0 bridgehead atoms. The number of benzene rings is 1. The molecule has 0 spiro atoms. The molecule has 0 aliphatic rings. The second-order valence-corrected chi connectivity index (χ2v) is 4.23. The van der Waals surface area contributed by atoms with Gasteiger partial charge in [-0.1, -0.05) is 19.1 Å². The average Bonchev–Trinajstić information content (AvgIpc) is 2.46. The first-order chi connectivity index (χ1) is 8.79. The van der Waals surface area contributed by atoms with E-state index in [4.69, 9.17) is 10.5 Å². The zero-order chi connectivity index (χ0) is 12.8. The molecule has 18 heavy (non-hydrogen) atoms. The van der Waals surface area contributed by atoms with Gasteiger partial charge in [0.1, 0.15) is 12.4 Å². The smallest absolute Gasteiger partial charge is 0.119 e. The molecule has 94 valence electrons. The molecule has 0 saturated carbocycles. The summed E-state index contributed by atoms with van der Waals surface area (Å²) in [5, 5.41) is 0. The number of pyridine rings is 1. The summed E-state index contributed by atoms with van der Waals surface area (Å²) in [6, 6.07) is 12.0. The van der Waals surface area contributed by atoms with Gasteiger partial charge < -0.3 is 10.5 Å². The molecule has 0 aliphatic heterocycles. The maximum Gasteiger partial charge on any atom is 0.119 e. The van der Waals surface area contributed by atoms with Gasteiger partial charge in [-0.15, -0.1) is 0 Å². The highest BCUT2D eigenvalue weighted by atomic mass is 16.5. The first-order valence-corrected chi connectivity index (χ1v) is 6.17. The predicted octanol–water partition coefficient (Wildman–Crippen LogP) is 3.07. The Bertz CT molecular complexity index is 468. The summed E-state index contributed by atoms with van der Waals surface area (Å²) in [6.07, 6.45) is 4.47. The third-order valence-corrected chi connectivity index (χ3v) is 2.90. The van der Waals surface area contributed by atoms with E-state index in [0.717, 1.165) is 23.3 Å². The maximum absolute atomic E-state index is 5.96. The Hall–Kier alpha value is -1.87. The Labute approximate surface area is 108 Å². The number of hydrogen-bond donors (Lipinski definition) is 1. The van der Waals surface area contributed by atoms with Crippen molar-refractivity contribution in [3.63, 3.8) is 0 Å². The highest BCUT2D eigenvalue weighted by molar-refractivity contribution is 5.29. The summed E-state index contributed by atoms with van der Waals surface area (Å²) in [7, 11) is 0. The lowest BCUT2D eigenvalue weighted by atomic mass is 10.1. The van der Waals surface area contributed by atoms with E-state index in [9.17, 15) is 0 Å². The minimum Gasteiger partial charge on any atom is -0.489 e. The second-order valence-electron chi connectivity index (χ2n) is 4.23. The predicted molar refractivity (Wildman–Crippen MR) is 72.2 cm³/mol. The van der Waals surface area contributed by atoms with E-state index in [1.54, 1.807) is 12.4 Å². The van der Waals surface area contributed by atoms with Crippen LogP contribution in [0.5, 0.6) is 5.75 Å². The van der Waals surface area contributed by atoms with E-state index in [1.165, 1.54) is 0 Å². The molecule has 0 amide bonds. The Balaban J connectivity index is 1.94. The molecular weight excluding hydrogens is 224 g/mol. The van der Waals surface area contributed by atoms with Crippen LogP contribution in [0.3, 0.4) is 0 Å². The lowest BCUT2D eigenvalue weighted by Gasteiger charge is -2.10. The molecule has 2 rings (SSSR count). The summed E-state index contributed by atoms with van der Waals surface area (Å²) in [4.78, 5) is 3.97. The molecule has 0 unspecified atom stereocenters. The van der Waals surface area contributed by atoms with Crippen molar-refractivity contribution in [2.75, 3.05) is 0 Å². The quantitative estimate of drug-likeness (QED) is 0.876. The number of nitrogens with zero attached hydrogens (tertiary/aromatic N) is 1. The van der Waals surface area contributed by atoms with Crippen LogP contribution >= 0.6 is 0 Å². The third kappa shape index (κ3) is 3.31. The summed E-state index contributed by atoms with van der Waals surface area (Å²) < 4.78 is 5.69. The number of nitrogens with two attached hydrogens (primary N) is 1. The van der Waals surface area contributed by atoms with Crippen molar-refractivity contribution in [1.29, 1.82) is 0 Å². The fourth-order valence-corrected chi connectivity index (χ4v) is 1.69. The van der Waals surface area contributed by atoms with Crippen LogP contribution in [0.4, 0.5) is 0 Å². The van der Waals surface area contributed by atoms with E-state index in [2.05, 4.69) is 11.9 Å². The van der Waals surface area contributed by atoms with Gasteiger partial charge in [-0.3, -0.25) is 4.98 Å². The largest absolute Gasteiger partial charge is 0.489 e. The van der Waals surface area contributed by atoms with Gasteiger partial charge in [-0.05, 0) is 41.8 Å². The normalized spacial score (nSPS) is 12.1. The molecule has 3 nitrogen and oxygen atoms in total. The van der Waals surface area contributed by atoms with Crippen molar-refractivity contribution in [3.05, 3.63) is 59.9 Å². The van der Waals surface area contributed by atoms with Crippen molar-refractivity contribution in [2.45, 2.75) is 26.0 Å². The van der Waals surface area contributed by atoms with Gasteiger partial charge in [0.15, 0.2) is 0 Å². The van der Waals surface area contributed by atoms with Gasteiger partial charge in [0.05, 0.1) is 0 Å². The zero-order valence-electron chi connectivity index (χ0n) is 10.5. The maximum atomic E-state index is 5.96. The Morgan fingerprint density at radius 2 is 1.78 bits per heavy atom. The third-order valence-electron chi connectivity index (χ3n) is 2.90. The Morgan fingerprint density at radius 3 is 2.39 bits per heavy atom. The van der Waals surface area contributed by atoms with Gasteiger partial charge in [-0.2, -0.15) is 0 Å². The highest BCUT2D eigenvalue weighted by Crippen LogP contribution is 2.18. The molecule has 0 saturated heterocycles. The minimum absolute atomic E-state index is 0.110. The number of hydrogen-bond acceptors (Lipinski definition) is 3. The van der Waals surface area contributed by atoms with Gasteiger partial charge in [0.25, 0.3) is 0 Å². The Kier molecular flexibility index (Phi) is 4.31. The molecule has 0 radical (unpaired) electrons. The van der Waals surface area contributed by atoms with Crippen LogP contribution in [-0.2, 0) is 6.61 Å². The zero-order valence-corrected chi connectivity index (χ0v) is 10.5. The van der Waals surface area contributed by atoms with Crippen LogP contribution in [-0.4, -0.2) is 4.98 Å². The van der Waals surface area contributed by atoms with Crippen LogP contribution < -0.4 is 10.5 Å². The van der Waals surface area contributed by atoms with Crippen molar-refractivity contribution >= 4 is 0 Å². The SMILES string of the molecule is CC[C@@H](N)c1ccc(OCc2ccncc2)cc1. The van der Waals surface area contributed by atoms with Crippen LogP contribution in [0.15, 0.2) is 48.8 Å². The monoisotopic (exact) mass is 242 g/mol. The fraction of sp³-hybridized carbons (Fsp3) is 0.267. The topological polar surface area (TPSA) is 48.1 Å². The van der Waals surface area contributed by atoms with Crippen molar-refractivity contribution in [1.82, 2.24) is 4.98 Å². The fourth-order valence-electron chi connectivity index (χ4n) is 1.69. The lowest BCUT2D eigenvalue weighted by Crippen LogP contribution is -2.08. The second kappa shape index (κ2) is 6.17. The van der Waals surface area contributed by atoms with Crippen LogP contribution in [0, 0.1) is 0 Å². The first-order valence-electron chi connectivity index (χ1n) is 6.17. The lowest BCUT2D eigenvalue weighted by molar-refractivity contribution is 0.306. The minimum atomic E-state index is 0.110. The summed E-state index contributed by atoms with van der Waals surface area (Å²) in [6.45, 7) is 2.64. The van der Waals surface area contributed by atoms with Gasteiger partial charge in [-0.25, -0.2) is 0 Å². The Morgan fingerprint density at radius 1 is 1.11 bits per heavy atom. The van der Waals surface area contributed by atoms with Gasteiger partial charge in [0, 0.05) is 18.4 Å². The van der Waals surface area contributed by atoms with Crippen LogP contribution in [0.1, 0.15) is 30.5 Å². The number of ether oxygens (including phenoxy) is 1. The van der Waals surface area contributed by atoms with Gasteiger partial charge in [0.2, 0.25) is 0 Å². The molecule has 2 N–H and O–H groups in total. The first kappa shape index (κ1) is 12.6. The molecule has 3 heteroatoms. The van der Waals surface area contributed by atoms with Crippen molar-refractivity contribution < 1.29 is 4.74 Å². The van der Waals surface area contributed by atoms with Crippen LogP contribution in [0.2, 0.25) is 0 Å². The molecule has 2 aromatic rings. The highest BCUT2D eigenvalue weighted by Gasteiger charge is 2.03. The van der Waals surface area contributed by atoms with Crippen molar-refractivity contribution in [2.24, 2.45) is 5.73 Å².